The molecule has 0 aromatic rings. The van der Waals surface area contributed by atoms with Gasteiger partial charge < -0.3 is 0 Å². The minimum atomic E-state index is 0. The summed E-state index contributed by atoms with van der Waals surface area (Å²) >= 11 is 0. The Labute approximate surface area is 56.9 Å². The molecule has 0 aliphatic rings. The van der Waals surface area contributed by atoms with Crippen molar-refractivity contribution in [3.63, 3.8) is 0 Å². The molecule has 0 rings (SSSR count). The summed E-state index contributed by atoms with van der Waals surface area (Å²) < 4.78 is 0. The molecule has 0 amide bonds. The van der Waals surface area contributed by atoms with Crippen molar-refractivity contribution in [3.05, 3.63) is 0 Å². The normalized spacial score (nSPS) is 0. The largest absolute Gasteiger partial charge is 0 e. The van der Waals surface area contributed by atoms with E-state index in [1.54, 1.807) is 0 Å². The molecule has 0 bridgehead atoms. The smallest absolute Gasteiger partial charge is 0 e. The Bertz CT molecular complexity index is 8.00. The molecule has 0 heterocycles. The minimum absolute atomic E-state index is 0. The fourth-order valence-corrected chi connectivity index (χ4v) is 0. The van der Waals surface area contributed by atoms with Crippen LogP contribution in [0.2, 0.25) is 0 Å². The van der Waals surface area contributed by atoms with Crippen molar-refractivity contribution in [2.75, 3.05) is 0 Å². The van der Waals surface area contributed by atoms with Crippen molar-refractivity contribution in [2.24, 2.45) is 0 Å². The average Bonchev–Trinajstić information content (AvgIpc) is 0. The first-order chi connectivity index (χ1) is 0. The number of rotatable bonds is 0. The molecule has 0 aromatic carbocycles. The first kappa shape index (κ1) is 48.4. The van der Waals surface area contributed by atoms with Gasteiger partial charge in [-0.2, -0.15) is 0 Å². The number of hydrogen-bond donors (Lipinski definition) is 0. The molecule has 0 N–H and O–H groups in total. The van der Waals surface area contributed by atoms with Crippen molar-refractivity contribution in [1.82, 2.24) is 0 Å². The maximum Gasteiger partial charge on any atom is 0 e. The monoisotopic (exact) mass is 179 g/mol. The Kier molecular flexibility index (Phi) is 292. The molecule has 0 unspecified atom stereocenters. The summed E-state index contributed by atoms with van der Waals surface area (Å²) in [6, 6.07) is 0. The molecule has 3 radical (unpaired) electrons. The Balaban J connectivity index is 0. The van der Waals surface area contributed by atoms with Crippen molar-refractivity contribution < 1.29 is 57.0 Å². The predicted molar refractivity (Wildman–Crippen MR) is 0.686 cm³/mol. The van der Waals surface area contributed by atoms with Gasteiger partial charge in [-0.25, -0.2) is 0 Å². The third-order valence-corrected chi connectivity index (χ3v) is 0. The fraction of sp³-hybridized carbons (Fsp3) is 0. The molecule has 0 aromatic heterocycles. The second-order valence-corrected chi connectivity index (χ2v) is 0. The molecule has 4 heteroatoms. The molecule has 0 aliphatic heterocycles. The molecule has 0 saturated carbocycles. The molecule has 0 saturated heterocycles. The van der Waals surface area contributed by atoms with Crippen LogP contribution in [0.4, 0.5) is 0 Å². The number of hydrogen-bond acceptors (Lipinski definition) is 0. The van der Waals surface area contributed by atoms with E-state index in [0.29, 0.717) is 0 Å². The van der Waals surface area contributed by atoms with Crippen LogP contribution in [0.15, 0.2) is 0 Å². The zero-order valence-electron chi connectivity index (χ0n) is 1.55. The van der Waals surface area contributed by atoms with Gasteiger partial charge in [0.25, 0.3) is 0 Å². The third-order valence-electron chi connectivity index (χ3n) is 0. The van der Waals surface area contributed by atoms with Crippen molar-refractivity contribution >= 4 is 0 Å². The van der Waals surface area contributed by atoms with E-state index in [4.69, 9.17) is 0 Å². The molecule has 1 nitrogen and oxygen atoms in total. The summed E-state index contributed by atoms with van der Waals surface area (Å²) in [6.45, 7) is 0. The molecule has 27 valence electrons. The molecular weight excluding hydrogens is 179 g/mol. The van der Waals surface area contributed by atoms with Gasteiger partial charge in [-0.3, -0.25) is 0 Å². The maximum atomic E-state index is 0. The van der Waals surface area contributed by atoms with Crippen LogP contribution in [0.5, 0.6) is 0 Å². The summed E-state index contributed by atoms with van der Waals surface area (Å²) in [5.74, 6) is 0. The van der Waals surface area contributed by atoms with Gasteiger partial charge in [-0.1, -0.05) is 0 Å². The minimum Gasteiger partial charge on any atom is 0 e. The second kappa shape index (κ2) is 24.1. The average molecular weight is 179 g/mol. The van der Waals surface area contributed by atoms with Gasteiger partial charge in [0.15, 0.2) is 0 Å². The van der Waals surface area contributed by atoms with Gasteiger partial charge in [0.05, 0.1) is 0 Å². The van der Waals surface area contributed by atoms with E-state index in [9.17, 15) is 0 Å². The van der Waals surface area contributed by atoms with Gasteiger partial charge in [-0.15, -0.1) is 0 Å². The SMILES string of the molecule is [Cr].[Fe].[Mn].[O]. The van der Waals surface area contributed by atoms with E-state index >= 15 is 0 Å². The van der Waals surface area contributed by atoms with Gasteiger partial charge in [0.2, 0.25) is 0 Å². The van der Waals surface area contributed by atoms with Crippen LogP contribution < -0.4 is 0 Å². The zero-order valence-corrected chi connectivity index (χ0v) is 5.11. The molecule has 0 spiro atoms. The topological polar surface area (TPSA) is 28.5 Å². The maximum absolute atomic E-state index is 0. The first-order valence-electron chi connectivity index (χ1n) is 0. The van der Waals surface area contributed by atoms with Crippen LogP contribution in [0.25, 0.3) is 0 Å². The summed E-state index contributed by atoms with van der Waals surface area (Å²) in [4.78, 5) is 0. The van der Waals surface area contributed by atoms with Gasteiger partial charge in [0, 0.05) is 57.0 Å². The van der Waals surface area contributed by atoms with Crippen LogP contribution in [-0.4, -0.2) is 0 Å². The standard InChI is InChI=1S/Cr.Fe.Mn.O. The summed E-state index contributed by atoms with van der Waals surface area (Å²) in [7, 11) is 0. The molecule has 0 aliphatic carbocycles. The fourth-order valence-electron chi connectivity index (χ4n) is 0. The Morgan fingerprint density at radius 2 is 1.00 bits per heavy atom. The molecular formula is CrFeMnO. The van der Waals surface area contributed by atoms with Crippen LogP contribution in [0.3, 0.4) is 0 Å². The molecule has 0 atom stereocenters. The molecule has 0 fully saturated rings. The van der Waals surface area contributed by atoms with Crippen LogP contribution in [-0.2, 0) is 57.0 Å². The van der Waals surface area contributed by atoms with E-state index < -0.39 is 0 Å². The van der Waals surface area contributed by atoms with E-state index in [2.05, 4.69) is 0 Å². The van der Waals surface area contributed by atoms with Crippen LogP contribution >= 0.6 is 0 Å². The molecule has 4 heavy (non-hydrogen) atoms. The summed E-state index contributed by atoms with van der Waals surface area (Å²) in [5, 5.41) is 0. The van der Waals surface area contributed by atoms with Crippen molar-refractivity contribution in [2.45, 2.75) is 0 Å². The van der Waals surface area contributed by atoms with Crippen LogP contribution in [0, 0.1) is 0 Å². The predicted octanol–water partition coefficient (Wildman–Crippen LogP) is -0.126. The van der Waals surface area contributed by atoms with Gasteiger partial charge >= 0.3 is 0 Å². The van der Waals surface area contributed by atoms with E-state index in [1.807, 2.05) is 0 Å². The zero-order chi connectivity index (χ0) is 0. The van der Waals surface area contributed by atoms with Crippen molar-refractivity contribution in [3.8, 4) is 0 Å². The van der Waals surface area contributed by atoms with Crippen molar-refractivity contribution in [1.29, 1.82) is 0 Å². The van der Waals surface area contributed by atoms with Crippen LogP contribution in [0.1, 0.15) is 0 Å². The Hall–Kier alpha value is 1.53. The third kappa shape index (κ3) is 9.65. The van der Waals surface area contributed by atoms with E-state index in [1.165, 1.54) is 0 Å². The summed E-state index contributed by atoms with van der Waals surface area (Å²) in [6.07, 6.45) is 0. The quantitative estimate of drug-likeness (QED) is 0.463. The summed E-state index contributed by atoms with van der Waals surface area (Å²) in [5.41, 5.74) is 0. The Morgan fingerprint density at radius 3 is 1.00 bits per heavy atom. The first-order valence-corrected chi connectivity index (χ1v) is 0. The second-order valence-electron chi connectivity index (χ2n) is 0. The van der Waals surface area contributed by atoms with E-state index in [0.717, 1.165) is 0 Å². The Morgan fingerprint density at radius 1 is 1.00 bits per heavy atom. The van der Waals surface area contributed by atoms with Gasteiger partial charge in [-0.05, 0) is 0 Å². The van der Waals surface area contributed by atoms with Gasteiger partial charge in [0.1, 0.15) is 0 Å². The van der Waals surface area contributed by atoms with E-state index in [-0.39, 0.29) is 57.0 Å².